The van der Waals surface area contributed by atoms with E-state index in [1.807, 2.05) is 12.4 Å². The van der Waals surface area contributed by atoms with E-state index in [1.54, 1.807) is 0 Å². The molecule has 0 bridgehead atoms. The summed E-state index contributed by atoms with van der Waals surface area (Å²) >= 11 is 0. The molecule has 6 heteroatoms. The first-order valence-electron chi connectivity index (χ1n) is 10.6. The van der Waals surface area contributed by atoms with Crippen molar-refractivity contribution < 1.29 is 9.90 Å². The van der Waals surface area contributed by atoms with E-state index in [4.69, 9.17) is 0 Å². The lowest BCUT2D eigenvalue weighted by atomic mass is 9.72. The summed E-state index contributed by atoms with van der Waals surface area (Å²) in [6, 6.07) is 12.5. The number of aliphatic hydroxyl groups excluding tert-OH is 1. The quantitative estimate of drug-likeness (QED) is 0.828. The van der Waals surface area contributed by atoms with E-state index in [-0.39, 0.29) is 17.4 Å². The van der Waals surface area contributed by atoms with Gasteiger partial charge in [-0.3, -0.25) is 19.6 Å². The van der Waals surface area contributed by atoms with Crippen LogP contribution in [0.1, 0.15) is 35.6 Å². The number of piperazine rings is 1. The number of carbonyl (C=O) groups excluding carboxylic acids is 1. The number of hydrogen-bond acceptors (Lipinski definition) is 5. The molecule has 0 saturated carbocycles. The lowest BCUT2D eigenvalue weighted by molar-refractivity contribution is -0.126. The number of amides is 1. The Hall–Kier alpha value is -2.28. The Morgan fingerprint density at radius 1 is 1.10 bits per heavy atom. The fraction of sp³-hybridized carbons (Fsp3) is 0.478. The Bertz CT molecular complexity index is 879. The van der Waals surface area contributed by atoms with Gasteiger partial charge in [-0.05, 0) is 54.8 Å². The molecule has 3 heterocycles. The molecule has 2 N–H and O–H groups in total. The molecule has 5 rings (SSSR count). The highest BCUT2D eigenvalue weighted by atomic mass is 16.3. The summed E-state index contributed by atoms with van der Waals surface area (Å²) in [5.74, 6) is 0.0500. The lowest BCUT2D eigenvalue weighted by Gasteiger charge is -2.44. The van der Waals surface area contributed by atoms with Crippen molar-refractivity contribution in [3.8, 4) is 0 Å². The fourth-order valence-electron chi connectivity index (χ4n) is 5.55. The zero-order chi connectivity index (χ0) is 19.8. The summed E-state index contributed by atoms with van der Waals surface area (Å²) in [5.41, 5.74) is 3.55. The molecule has 152 valence electrons. The molecule has 1 amide bonds. The molecule has 1 aromatic carbocycles. The van der Waals surface area contributed by atoms with Crippen molar-refractivity contribution in [2.45, 2.75) is 36.9 Å². The summed E-state index contributed by atoms with van der Waals surface area (Å²) in [7, 11) is 0. The van der Waals surface area contributed by atoms with Crippen LogP contribution in [-0.2, 0) is 16.8 Å². The van der Waals surface area contributed by atoms with Crippen molar-refractivity contribution in [3.63, 3.8) is 0 Å². The summed E-state index contributed by atoms with van der Waals surface area (Å²) in [5, 5.41) is 14.5. The number of nitrogens with one attached hydrogen (secondary N) is 1. The highest BCUT2D eigenvalue weighted by molar-refractivity contribution is 5.78. The van der Waals surface area contributed by atoms with Crippen molar-refractivity contribution in [1.29, 1.82) is 0 Å². The molecule has 2 fully saturated rings. The van der Waals surface area contributed by atoms with Crippen LogP contribution < -0.4 is 5.32 Å². The number of hydrogen-bond donors (Lipinski definition) is 2. The number of rotatable bonds is 3. The molecule has 1 aliphatic carbocycles. The number of pyridine rings is 1. The molecule has 1 aromatic heterocycles. The van der Waals surface area contributed by atoms with Crippen LogP contribution in [0.4, 0.5) is 0 Å². The van der Waals surface area contributed by atoms with E-state index >= 15 is 0 Å². The summed E-state index contributed by atoms with van der Waals surface area (Å²) in [6.45, 7) is 4.64. The molecular weight excluding hydrogens is 364 g/mol. The van der Waals surface area contributed by atoms with Gasteiger partial charge in [0.2, 0.25) is 5.91 Å². The Kier molecular flexibility index (Phi) is 4.86. The van der Waals surface area contributed by atoms with E-state index in [2.05, 4.69) is 56.5 Å². The highest BCUT2D eigenvalue weighted by Gasteiger charge is 2.54. The first kappa shape index (κ1) is 18.7. The van der Waals surface area contributed by atoms with Gasteiger partial charge in [0.15, 0.2) is 0 Å². The van der Waals surface area contributed by atoms with Gasteiger partial charge < -0.3 is 10.4 Å². The van der Waals surface area contributed by atoms with Crippen LogP contribution in [-0.4, -0.2) is 64.6 Å². The minimum atomic E-state index is -0.478. The smallest absolute Gasteiger partial charge is 0.234 e. The maximum absolute atomic E-state index is 12.0. The maximum Gasteiger partial charge on any atom is 0.234 e. The normalized spacial score (nSPS) is 27.0. The van der Waals surface area contributed by atoms with Crippen molar-refractivity contribution in [2.24, 2.45) is 0 Å². The first-order valence-corrected chi connectivity index (χ1v) is 10.6. The highest BCUT2D eigenvalue weighted by Crippen LogP contribution is 2.52. The van der Waals surface area contributed by atoms with Gasteiger partial charge in [0.1, 0.15) is 0 Å². The third-order valence-electron chi connectivity index (χ3n) is 7.05. The van der Waals surface area contributed by atoms with Crippen LogP contribution in [0.3, 0.4) is 0 Å². The molecule has 3 aliphatic rings. The average molecular weight is 393 g/mol. The lowest BCUT2D eigenvalue weighted by Crippen LogP contribution is -2.53. The number of aromatic nitrogens is 1. The number of carbonyl (C=O) groups is 1. The minimum Gasteiger partial charge on any atom is -0.390 e. The average Bonchev–Trinajstić information content (AvgIpc) is 2.99. The van der Waals surface area contributed by atoms with E-state index in [9.17, 15) is 9.90 Å². The summed E-state index contributed by atoms with van der Waals surface area (Å²) < 4.78 is 0. The molecule has 0 radical (unpaired) electrons. The van der Waals surface area contributed by atoms with Crippen LogP contribution in [0.2, 0.25) is 0 Å². The van der Waals surface area contributed by atoms with Gasteiger partial charge in [-0.2, -0.15) is 0 Å². The van der Waals surface area contributed by atoms with Gasteiger partial charge in [0.25, 0.3) is 0 Å². The Labute approximate surface area is 171 Å². The second kappa shape index (κ2) is 7.52. The van der Waals surface area contributed by atoms with E-state index in [1.165, 1.54) is 16.7 Å². The summed E-state index contributed by atoms with van der Waals surface area (Å²) in [6.07, 6.45) is 5.09. The van der Waals surface area contributed by atoms with Gasteiger partial charge in [0, 0.05) is 37.4 Å². The third-order valence-corrected chi connectivity index (χ3v) is 7.05. The maximum atomic E-state index is 12.0. The van der Waals surface area contributed by atoms with Crippen molar-refractivity contribution in [1.82, 2.24) is 20.1 Å². The zero-order valence-electron chi connectivity index (χ0n) is 16.6. The molecular formula is C23H28N4O2. The van der Waals surface area contributed by atoms with Crippen molar-refractivity contribution >= 4 is 5.91 Å². The van der Waals surface area contributed by atoms with Gasteiger partial charge in [-0.15, -0.1) is 0 Å². The van der Waals surface area contributed by atoms with Crippen molar-refractivity contribution in [3.05, 3.63) is 65.5 Å². The zero-order valence-corrected chi connectivity index (χ0v) is 16.6. The third kappa shape index (κ3) is 3.25. The van der Waals surface area contributed by atoms with Crippen LogP contribution in [0.15, 0.2) is 48.8 Å². The Morgan fingerprint density at radius 2 is 1.86 bits per heavy atom. The number of likely N-dealkylation sites (tertiary alicyclic amines) is 1. The summed E-state index contributed by atoms with van der Waals surface area (Å²) in [4.78, 5) is 20.7. The fourth-order valence-corrected chi connectivity index (χ4v) is 5.55. The Morgan fingerprint density at radius 3 is 2.62 bits per heavy atom. The predicted molar refractivity (Wildman–Crippen MR) is 110 cm³/mol. The van der Waals surface area contributed by atoms with Gasteiger partial charge in [-0.25, -0.2) is 0 Å². The standard InChI is InChI=1S/C23H28N4O2/c28-20-16-27(14-11-25-20)21-18-3-1-2-4-19(18)23(22(21)29)7-12-26(13-8-23)15-17-5-9-24-10-6-17/h1-6,9-10,21-22,29H,7-8,11-16H2,(H,25,28)/t21-,22+/m1/s1. The number of fused-ring (bicyclic) bond motifs is 2. The number of benzene rings is 1. The minimum absolute atomic E-state index is 0.0500. The SMILES string of the molecule is O=C1CN([C@@H]2c3ccccc3C3(CCN(Cc4ccncc4)CC3)[C@H]2O)CCN1. The van der Waals surface area contributed by atoms with Crippen LogP contribution in [0.5, 0.6) is 0 Å². The van der Waals surface area contributed by atoms with Gasteiger partial charge >= 0.3 is 0 Å². The monoisotopic (exact) mass is 392 g/mol. The molecule has 0 unspecified atom stereocenters. The molecule has 29 heavy (non-hydrogen) atoms. The number of piperidine rings is 1. The van der Waals surface area contributed by atoms with Gasteiger partial charge in [-0.1, -0.05) is 24.3 Å². The number of aliphatic hydroxyl groups is 1. The van der Waals surface area contributed by atoms with E-state index in [0.717, 1.165) is 39.0 Å². The van der Waals surface area contributed by atoms with Crippen molar-refractivity contribution in [2.75, 3.05) is 32.7 Å². The first-order chi connectivity index (χ1) is 14.2. The van der Waals surface area contributed by atoms with E-state index < -0.39 is 6.10 Å². The van der Waals surface area contributed by atoms with Gasteiger partial charge in [0.05, 0.1) is 18.7 Å². The number of nitrogens with zero attached hydrogens (tertiary/aromatic N) is 3. The molecule has 2 atom stereocenters. The van der Waals surface area contributed by atoms with E-state index in [0.29, 0.717) is 13.1 Å². The Balaban J connectivity index is 1.38. The molecule has 2 saturated heterocycles. The van der Waals surface area contributed by atoms with Crippen LogP contribution >= 0.6 is 0 Å². The second-order valence-corrected chi connectivity index (χ2v) is 8.59. The molecule has 6 nitrogen and oxygen atoms in total. The van der Waals surface area contributed by atoms with Crippen LogP contribution in [0.25, 0.3) is 0 Å². The molecule has 2 aromatic rings. The second-order valence-electron chi connectivity index (χ2n) is 8.59. The topological polar surface area (TPSA) is 68.7 Å². The largest absolute Gasteiger partial charge is 0.390 e. The molecule has 2 aliphatic heterocycles. The predicted octanol–water partition coefficient (Wildman–Crippen LogP) is 1.46. The van der Waals surface area contributed by atoms with Crippen LogP contribution in [0, 0.1) is 0 Å². The molecule has 1 spiro atoms.